The highest BCUT2D eigenvalue weighted by molar-refractivity contribution is 5.77. The lowest BCUT2D eigenvalue weighted by molar-refractivity contribution is 0.694. The van der Waals surface area contributed by atoms with Gasteiger partial charge in [-0.05, 0) is 24.6 Å². The van der Waals surface area contributed by atoms with E-state index in [1.165, 1.54) is 17.3 Å². The molecule has 0 spiro atoms. The fourth-order valence-corrected chi connectivity index (χ4v) is 2.27. The normalized spacial score (nSPS) is 10.8. The molecule has 1 aromatic heterocycles. The third kappa shape index (κ3) is 2.27. The molecular formula is C16H14N2O. The van der Waals surface area contributed by atoms with E-state index < -0.39 is 0 Å². The van der Waals surface area contributed by atoms with E-state index in [0.29, 0.717) is 11.9 Å². The van der Waals surface area contributed by atoms with Crippen LogP contribution in [0.25, 0.3) is 10.9 Å². The summed E-state index contributed by atoms with van der Waals surface area (Å²) >= 11 is 0. The van der Waals surface area contributed by atoms with Gasteiger partial charge in [-0.2, -0.15) is 5.10 Å². The van der Waals surface area contributed by atoms with E-state index in [-0.39, 0.29) is 5.43 Å². The molecule has 0 saturated carbocycles. The number of nitrogens with zero attached hydrogens (tertiary/aromatic N) is 2. The molecule has 0 fully saturated rings. The van der Waals surface area contributed by atoms with E-state index >= 15 is 0 Å². The Bertz CT molecular complexity index is 790. The molecule has 3 aromatic rings. The summed E-state index contributed by atoms with van der Waals surface area (Å²) in [5, 5.41) is 4.95. The second kappa shape index (κ2) is 4.69. The average Bonchev–Trinajstić information content (AvgIpc) is 2.42. The van der Waals surface area contributed by atoms with Gasteiger partial charge in [0.2, 0.25) is 5.43 Å². The highest BCUT2D eigenvalue weighted by Crippen LogP contribution is 2.11. The molecule has 3 rings (SSSR count). The van der Waals surface area contributed by atoms with Crippen molar-refractivity contribution in [2.24, 2.45) is 0 Å². The Morgan fingerprint density at radius 1 is 1.11 bits per heavy atom. The second-order valence-electron chi connectivity index (χ2n) is 4.67. The van der Waals surface area contributed by atoms with Gasteiger partial charge in [0.25, 0.3) is 0 Å². The van der Waals surface area contributed by atoms with Crippen LogP contribution in [0.4, 0.5) is 0 Å². The molecule has 0 aliphatic carbocycles. The highest BCUT2D eigenvalue weighted by Gasteiger charge is 2.03. The fraction of sp³-hybridized carbons (Fsp3) is 0.125. The van der Waals surface area contributed by atoms with Crippen molar-refractivity contribution in [2.75, 3.05) is 0 Å². The zero-order valence-electron chi connectivity index (χ0n) is 10.7. The van der Waals surface area contributed by atoms with Crippen LogP contribution in [-0.2, 0) is 6.54 Å². The largest absolute Gasteiger partial charge is 0.287 e. The molecule has 19 heavy (non-hydrogen) atoms. The summed E-state index contributed by atoms with van der Waals surface area (Å²) in [5.74, 6) is 0. The third-order valence-corrected chi connectivity index (χ3v) is 3.18. The lowest BCUT2D eigenvalue weighted by Gasteiger charge is -2.09. The van der Waals surface area contributed by atoms with Gasteiger partial charge in [0.05, 0.1) is 18.3 Å². The van der Waals surface area contributed by atoms with Crippen molar-refractivity contribution in [3.05, 3.63) is 76.1 Å². The Morgan fingerprint density at radius 3 is 2.79 bits per heavy atom. The molecule has 3 nitrogen and oxygen atoms in total. The quantitative estimate of drug-likeness (QED) is 0.701. The van der Waals surface area contributed by atoms with Crippen LogP contribution >= 0.6 is 0 Å². The van der Waals surface area contributed by atoms with Crippen molar-refractivity contribution >= 4 is 10.9 Å². The monoisotopic (exact) mass is 250 g/mol. The molecule has 0 aliphatic rings. The molecule has 0 N–H and O–H groups in total. The molecule has 0 aliphatic heterocycles. The predicted molar refractivity (Wildman–Crippen MR) is 76.3 cm³/mol. The van der Waals surface area contributed by atoms with Crippen LogP contribution in [0.1, 0.15) is 11.1 Å². The van der Waals surface area contributed by atoms with E-state index in [1.807, 2.05) is 35.0 Å². The molecule has 94 valence electrons. The van der Waals surface area contributed by atoms with Crippen LogP contribution in [-0.4, -0.2) is 9.78 Å². The van der Waals surface area contributed by atoms with Crippen molar-refractivity contribution in [1.29, 1.82) is 0 Å². The highest BCUT2D eigenvalue weighted by atomic mass is 16.1. The lowest BCUT2D eigenvalue weighted by atomic mass is 10.1. The summed E-state index contributed by atoms with van der Waals surface area (Å²) in [5.41, 5.74) is 3.25. The van der Waals surface area contributed by atoms with Crippen molar-refractivity contribution < 1.29 is 0 Å². The molecule has 0 amide bonds. The maximum absolute atomic E-state index is 11.8. The Labute approximate surface area is 111 Å². The van der Waals surface area contributed by atoms with E-state index in [1.54, 1.807) is 0 Å². The number of benzene rings is 2. The Morgan fingerprint density at radius 2 is 1.95 bits per heavy atom. The minimum absolute atomic E-state index is 0.0314. The van der Waals surface area contributed by atoms with Crippen molar-refractivity contribution in [3.63, 3.8) is 0 Å². The van der Waals surface area contributed by atoms with Crippen LogP contribution in [0.15, 0.2) is 59.5 Å². The maximum atomic E-state index is 11.8. The van der Waals surface area contributed by atoms with Crippen molar-refractivity contribution in [1.82, 2.24) is 9.78 Å². The zero-order valence-corrected chi connectivity index (χ0v) is 10.7. The number of rotatable bonds is 2. The van der Waals surface area contributed by atoms with Crippen molar-refractivity contribution in [3.8, 4) is 0 Å². The molecule has 0 saturated heterocycles. The van der Waals surface area contributed by atoms with E-state index in [9.17, 15) is 4.79 Å². The number of aromatic nitrogens is 2. The topological polar surface area (TPSA) is 34.9 Å². The van der Waals surface area contributed by atoms with Crippen LogP contribution in [0.3, 0.4) is 0 Å². The van der Waals surface area contributed by atoms with Crippen LogP contribution < -0.4 is 5.43 Å². The summed E-state index contributed by atoms with van der Waals surface area (Å²) < 4.78 is 1.87. The summed E-state index contributed by atoms with van der Waals surface area (Å²) in [6, 6.07) is 15.9. The van der Waals surface area contributed by atoms with Gasteiger partial charge in [0.15, 0.2) is 0 Å². The summed E-state index contributed by atoms with van der Waals surface area (Å²) in [7, 11) is 0. The Balaban J connectivity index is 2.11. The van der Waals surface area contributed by atoms with Gasteiger partial charge in [-0.1, -0.05) is 42.0 Å². The first-order valence-electron chi connectivity index (χ1n) is 6.24. The lowest BCUT2D eigenvalue weighted by Crippen LogP contribution is -2.12. The van der Waals surface area contributed by atoms with E-state index in [2.05, 4.69) is 30.2 Å². The number of para-hydroxylation sites is 1. The molecule has 0 unspecified atom stereocenters. The Hall–Kier alpha value is -2.42. The van der Waals surface area contributed by atoms with E-state index in [0.717, 1.165) is 5.52 Å². The molecule has 0 atom stereocenters. The average molecular weight is 250 g/mol. The first kappa shape index (κ1) is 11.7. The van der Waals surface area contributed by atoms with Gasteiger partial charge in [-0.25, -0.2) is 0 Å². The third-order valence-electron chi connectivity index (χ3n) is 3.18. The van der Waals surface area contributed by atoms with Crippen LogP contribution in [0.5, 0.6) is 0 Å². The Kier molecular flexibility index (Phi) is 2.88. The van der Waals surface area contributed by atoms with Gasteiger partial charge in [0.1, 0.15) is 0 Å². The molecule has 0 radical (unpaired) electrons. The van der Waals surface area contributed by atoms with E-state index in [4.69, 9.17) is 0 Å². The molecule has 1 heterocycles. The smallest absolute Gasteiger partial charge is 0.207 e. The number of hydrogen-bond acceptors (Lipinski definition) is 2. The standard InChI is InChI=1S/C16H14N2O/c1-12-5-4-6-13(9-12)11-18-15-8-3-2-7-14(15)16(19)10-17-18/h2-10H,11H2,1H3. The number of aryl methyl sites for hydroxylation is 1. The van der Waals surface area contributed by atoms with Crippen LogP contribution in [0.2, 0.25) is 0 Å². The number of hydrogen-bond donors (Lipinski definition) is 0. The summed E-state index contributed by atoms with van der Waals surface area (Å²) in [6.07, 6.45) is 1.39. The predicted octanol–water partition coefficient (Wildman–Crippen LogP) is 2.75. The van der Waals surface area contributed by atoms with Gasteiger partial charge >= 0.3 is 0 Å². The number of fused-ring (bicyclic) bond motifs is 1. The summed E-state index contributed by atoms with van der Waals surface area (Å²) in [4.78, 5) is 11.8. The molecular weight excluding hydrogens is 236 g/mol. The fourth-order valence-electron chi connectivity index (χ4n) is 2.27. The summed E-state index contributed by atoms with van der Waals surface area (Å²) in [6.45, 7) is 2.74. The second-order valence-corrected chi connectivity index (χ2v) is 4.67. The minimum Gasteiger partial charge on any atom is -0.287 e. The molecule has 3 heteroatoms. The maximum Gasteiger partial charge on any atom is 0.207 e. The van der Waals surface area contributed by atoms with Gasteiger partial charge in [0, 0.05) is 5.39 Å². The van der Waals surface area contributed by atoms with Gasteiger partial charge < -0.3 is 0 Å². The van der Waals surface area contributed by atoms with Crippen molar-refractivity contribution in [2.45, 2.75) is 13.5 Å². The van der Waals surface area contributed by atoms with Gasteiger partial charge in [-0.15, -0.1) is 0 Å². The first-order chi connectivity index (χ1) is 9.24. The van der Waals surface area contributed by atoms with Crippen LogP contribution in [0, 0.1) is 6.92 Å². The molecule has 0 bridgehead atoms. The minimum atomic E-state index is -0.0314. The molecule has 2 aromatic carbocycles. The van der Waals surface area contributed by atoms with Gasteiger partial charge in [-0.3, -0.25) is 9.48 Å². The SMILES string of the molecule is Cc1cccc(Cn2ncc(=O)c3ccccc32)c1. The zero-order chi connectivity index (χ0) is 13.2. The first-order valence-corrected chi connectivity index (χ1v) is 6.24.